The summed E-state index contributed by atoms with van der Waals surface area (Å²) in [5.41, 5.74) is 2.75. The molecule has 0 aliphatic carbocycles. The lowest BCUT2D eigenvalue weighted by molar-refractivity contribution is 0.103. The summed E-state index contributed by atoms with van der Waals surface area (Å²) in [7, 11) is 0. The molecule has 3 aromatic rings. The molecule has 0 aliphatic heterocycles. The molecule has 1 N–H and O–H groups in total. The van der Waals surface area contributed by atoms with Gasteiger partial charge in [-0.05, 0) is 18.2 Å². The van der Waals surface area contributed by atoms with E-state index in [-0.39, 0.29) is 5.78 Å². The van der Waals surface area contributed by atoms with Crippen molar-refractivity contribution in [2.75, 3.05) is 0 Å². The van der Waals surface area contributed by atoms with Gasteiger partial charge in [0.1, 0.15) is 5.69 Å². The summed E-state index contributed by atoms with van der Waals surface area (Å²) in [4.78, 5) is 12.3. The second-order valence-electron chi connectivity index (χ2n) is 4.37. The van der Waals surface area contributed by atoms with Crippen LogP contribution < -0.4 is 0 Å². The van der Waals surface area contributed by atoms with Crippen LogP contribution in [0, 0.1) is 0 Å². The van der Waals surface area contributed by atoms with E-state index in [1.807, 2.05) is 30.3 Å². The van der Waals surface area contributed by atoms with E-state index in [2.05, 4.69) is 10.2 Å². The summed E-state index contributed by atoms with van der Waals surface area (Å²) in [6, 6.07) is 18.2. The fourth-order valence-electron chi connectivity index (χ4n) is 1.95. The van der Waals surface area contributed by atoms with Crippen LogP contribution in [0.1, 0.15) is 16.1 Å². The Morgan fingerprint density at radius 1 is 1.00 bits per heavy atom. The van der Waals surface area contributed by atoms with Crippen molar-refractivity contribution < 1.29 is 4.79 Å². The molecule has 20 heavy (non-hydrogen) atoms. The number of carbonyl (C=O) groups is 1. The van der Waals surface area contributed by atoms with Crippen molar-refractivity contribution in [3.63, 3.8) is 0 Å². The molecular weight excluding hydrogens is 272 g/mol. The van der Waals surface area contributed by atoms with Gasteiger partial charge >= 0.3 is 0 Å². The molecule has 1 heterocycles. The molecule has 0 radical (unpaired) electrons. The number of aromatic amines is 1. The van der Waals surface area contributed by atoms with E-state index in [0.29, 0.717) is 16.3 Å². The number of ketones is 1. The van der Waals surface area contributed by atoms with E-state index >= 15 is 0 Å². The highest BCUT2D eigenvalue weighted by molar-refractivity contribution is 6.30. The van der Waals surface area contributed by atoms with Crippen LogP contribution in [0.4, 0.5) is 0 Å². The summed E-state index contributed by atoms with van der Waals surface area (Å²) in [6.45, 7) is 0. The number of carbonyl (C=O) groups excluding carboxylic acids is 1. The van der Waals surface area contributed by atoms with E-state index in [1.54, 1.807) is 30.3 Å². The zero-order valence-electron chi connectivity index (χ0n) is 10.5. The highest BCUT2D eigenvalue weighted by Crippen LogP contribution is 2.21. The Bertz CT molecular complexity index is 733. The maximum absolute atomic E-state index is 12.3. The molecule has 3 nitrogen and oxygen atoms in total. The number of H-pyrrole nitrogens is 1. The van der Waals surface area contributed by atoms with Crippen LogP contribution in [0.3, 0.4) is 0 Å². The second kappa shape index (κ2) is 5.31. The van der Waals surface area contributed by atoms with Gasteiger partial charge < -0.3 is 0 Å². The van der Waals surface area contributed by atoms with Crippen LogP contribution >= 0.6 is 11.6 Å². The number of nitrogens with zero attached hydrogens (tertiary/aromatic N) is 1. The molecule has 0 saturated carbocycles. The number of benzene rings is 2. The highest BCUT2D eigenvalue weighted by Gasteiger charge is 2.12. The molecule has 3 rings (SSSR count). The smallest absolute Gasteiger partial charge is 0.210 e. The first-order valence-corrected chi connectivity index (χ1v) is 6.53. The maximum atomic E-state index is 12.3. The lowest BCUT2D eigenvalue weighted by Crippen LogP contribution is -2.00. The highest BCUT2D eigenvalue weighted by atomic mass is 35.5. The van der Waals surface area contributed by atoms with Crippen LogP contribution in [-0.4, -0.2) is 16.0 Å². The van der Waals surface area contributed by atoms with Crippen LogP contribution in [0.25, 0.3) is 11.3 Å². The van der Waals surface area contributed by atoms with Gasteiger partial charge in [-0.15, -0.1) is 0 Å². The zero-order valence-corrected chi connectivity index (χ0v) is 11.3. The summed E-state index contributed by atoms with van der Waals surface area (Å²) < 4.78 is 0. The summed E-state index contributed by atoms with van der Waals surface area (Å²) in [5.74, 6) is -0.0710. The average Bonchev–Trinajstić information content (AvgIpc) is 2.98. The summed E-state index contributed by atoms with van der Waals surface area (Å²) in [6.07, 6.45) is 0. The number of rotatable bonds is 3. The van der Waals surface area contributed by atoms with Gasteiger partial charge in [0.15, 0.2) is 0 Å². The number of nitrogens with one attached hydrogen (secondary N) is 1. The van der Waals surface area contributed by atoms with Crippen molar-refractivity contribution in [1.29, 1.82) is 0 Å². The normalized spacial score (nSPS) is 10.4. The van der Waals surface area contributed by atoms with Crippen LogP contribution in [0.15, 0.2) is 60.7 Å². The molecule has 0 atom stereocenters. The van der Waals surface area contributed by atoms with Crippen molar-refractivity contribution in [2.45, 2.75) is 0 Å². The molecule has 4 heteroatoms. The van der Waals surface area contributed by atoms with Crippen LogP contribution in [0.5, 0.6) is 0 Å². The number of halogens is 1. The Kier molecular flexibility index (Phi) is 3.35. The van der Waals surface area contributed by atoms with Gasteiger partial charge in [0.05, 0.1) is 5.69 Å². The third kappa shape index (κ3) is 2.49. The lowest BCUT2D eigenvalue weighted by atomic mass is 10.1. The average molecular weight is 283 g/mol. The molecule has 0 aliphatic rings. The Labute approximate surface area is 121 Å². The van der Waals surface area contributed by atoms with Crippen molar-refractivity contribution in [2.24, 2.45) is 0 Å². The van der Waals surface area contributed by atoms with E-state index in [0.717, 1.165) is 11.3 Å². The Morgan fingerprint density at radius 2 is 1.70 bits per heavy atom. The lowest BCUT2D eigenvalue weighted by Gasteiger charge is -1.96. The van der Waals surface area contributed by atoms with Gasteiger partial charge in [0.25, 0.3) is 0 Å². The minimum absolute atomic E-state index is 0.0710. The van der Waals surface area contributed by atoms with Gasteiger partial charge in [-0.2, -0.15) is 5.10 Å². The molecule has 98 valence electrons. The summed E-state index contributed by atoms with van der Waals surface area (Å²) in [5, 5.41) is 7.63. The third-order valence-corrected chi connectivity index (χ3v) is 3.25. The maximum Gasteiger partial charge on any atom is 0.210 e. The van der Waals surface area contributed by atoms with Crippen molar-refractivity contribution in [3.05, 3.63) is 76.9 Å². The first-order valence-electron chi connectivity index (χ1n) is 6.15. The largest absolute Gasteiger partial charge is 0.287 e. The fraction of sp³-hybridized carbons (Fsp3) is 0. The van der Waals surface area contributed by atoms with Crippen molar-refractivity contribution >= 4 is 17.4 Å². The van der Waals surface area contributed by atoms with E-state index in [4.69, 9.17) is 11.6 Å². The molecule has 0 amide bonds. The molecular formula is C16H11ClN2O. The number of aromatic nitrogens is 2. The van der Waals surface area contributed by atoms with E-state index in [1.165, 1.54) is 0 Å². The van der Waals surface area contributed by atoms with E-state index < -0.39 is 0 Å². The predicted molar refractivity (Wildman–Crippen MR) is 78.9 cm³/mol. The van der Waals surface area contributed by atoms with Crippen LogP contribution in [0.2, 0.25) is 5.02 Å². The topological polar surface area (TPSA) is 45.8 Å². The van der Waals surface area contributed by atoms with Gasteiger partial charge in [0.2, 0.25) is 5.78 Å². The molecule has 1 aromatic heterocycles. The quantitative estimate of drug-likeness (QED) is 0.739. The Morgan fingerprint density at radius 3 is 2.40 bits per heavy atom. The molecule has 2 aromatic carbocycles. The Hall–Kier alpha value is -2.39. The molecule has 0 unspecified atom stereocenters. The minimum atomic E-state index is -0.0710. The minimum Gasteiger partial charge on any atom is -0.287 e. The second-order valence-corrected chi connectivity index (χ2v) is 4.81. The SMILES string of the molecule is O=C(c1ccccc1)c1cc(-c2ccc(Cl)cc2)n[nH]1. The zero-order chi connectivity index (χ0) is 13.9. The molecule has 0 fully saturated rings. The first-order chi connectivity index (χ1) is 9.74. The van der Waals surface area contributed by atoms with Crippen molar-refractivity contribution in [1.82, 2.24) is 10.2 Å². The number of hydrogen-bond acceptors (Lipinski definition) is 2. The van der Waals surface area contributed by atoms with E-state index in [9.17, 15) is 4.79 Å². The van der Waals surface area contributed by atoms with Gasteiger partial charge in [0, 0.05) is 16.1 Å². The van der Waals surface area contributed by atoms with Gasteiger partial charge in [-0.25, -0.2) is 0 Å². The van der Waals surface area contributed by atoms with Crippen LogP contribution in [-0.2, 0) is 0 Å². The fourth-order valence-corrected chi connectivity index (χ4v) is 2.08. The molecule has 0 saturated heterocycles. The molecule has 0 spiro atoms. The standard InChI is InChI=1S/C16H11ClN2O/c17-13-8-6-11(7-9-13)14-10-15(19-18-14)16(20)12-4-2-1-3-5-12/h1-10H,(H,18,19). The number of hydrogen-bond donors (Lipinski definition) is 1. The Balaban J connectivity index is 1.91. The van der Waals surface area contributed by atoms with Crippen molar-refractivity contribution in [3.8, 4) is 11.3 Å². The predicted octanol–water partition coefficient (Wildman–Crippen LogP) is 3.96. The molecule has 0 bridgehead atoms. The third-order valence-electron chi connectivity index (χ3n) is 3.00. The van der Waals surface area contributed by atoms with Gasteiger partial charge in [-0.3, -0.25) is 9.89 Å². The monoisotopic (exact) mass is 282 g/mol. The van der Waals surface area contributed by atoms with Gasteiger partial charge in [-0.1, -0.05) is 54.1 Å². The first kappa shape index (κ1) is 12.6. The summed E-state index contributed by atoms with van der Waals surface area (Å²) >= 11 is 5.85.